The van der Waals surface area contributed by atoms with E-state index in [1.165, 1.54) is 12.1 Å². The molecule has 0 aromatic heterocycles. The highest BCUT2D eigenvalue weighted by Gasteiger charge is 2.58. The summed E-state index contributed by atoms with van der Waals surface area (Å²) in [6.07, 6.45) is -0.804. The van der Waals surface area contributed by atoms with Crippen LogP contribution in [-0.2, 0) is 24.3 Å². The number of carbonyl (C=O) groups excluding carboxylic acids is 1. The summed E-state index contributed by atoms with van der Waals surface area (Å²) in [5.41, 5.74) is -0.769. The summed E-state index contributed by atoms with van der Waals surface area (Å²) in [6, 6.07) is 7.80. The number of nitrogens with zero attached hydrogens (tertiary/aromatic N) is 1. The molecule has 9 heteroatoms. The van der Waals surface area contributed by atoms with Crippen molar-refractivity contribution < 1.29 is 27.9 Å². The molecule has 0 radical (unpaired) electrons. The van der Waals surface area contributed by atoms with Gasteiger partial charge in [-0.2, -0.15) is 0 Å². The van der Waals surface area contributed by atoms with Crippen molar-refractivity contribution in [3.63, 3.8) is 0 Å². The quantitative estimate of drug-likeness (QED) is 0.740. The summed E-state index contributed by atoms with van der Waals surface area (Å²) in [4.78, 5) is 25.1. The topological polar surface area (TPSA) is 113 Å². The van der Waals surface area contributed by atoms with Gasteiger partial charge in [0.05, 0.1) is 4.90 Å². The summed E-state index contributed by atoms with van der Waals surface area (Å²) < 4.78 is 32.7. The molecule has 3 rings (SSSR count). The van der Waals surface area contributed by atoms with E-state index in [0.29, 0.717) is 0 Å². The Labute approximate surface area is 151 Å². The fourth-order valence-corrected chi connectivity index (χ4v) is 4.07. The maximum absolute atomic E-state index is 12.4. The Bertz CT molecular complexity index is 886. The second kappa shape index (κ2) is 6.10. The molecule has 2 N–H and O–H groups in total. The number of rotatable bonds is 5. The van der Waals surface area contributed by atoms with Gasteiger partial charge in [0.1, 0.15) is 11.7 Å². The lowest BCUT2D eigenvalue weighted by Gasteiger charge is -2.41. The molecule has 0 spiro atoms. The number of sulfonamides is 1. The largest absolute Gasteiger partial charge is 0.476 e. The molecule has 8 nitrogen and oxygen atoms in total. The van der Waals surface area contributed by atoms with E-state index < -0.39 is 39.5 Å². The molecule has 140 valence electrons. The summed E-state index contributed by atoms with van der Waals surface area (Å²) in [7, 11) is -3.76. The van der Waals surface area contributed by atoms with E-state index in [1.54, 1.807) is 39.0 Å². The number of carbonyl (C=O) groups is 2. The number of benzene rings is 1. The number of hydrogen-bond donors (Lipinski definition) is 2. The first-order valence-corrected chi connectivity index (χ1v) is 9.55. The molecular formula is C17H20N2O6S. The van der Waals surface area contributed by atoms with Crippen molar-refractivity contribution in [3.8, 4) is 0 Å². The van der Waals surface area contributed by atoms with Gasteiger partial charge in [-0.1, -0.05) is 39.0 Å². The lowest BCUT2D eigenvalue weighted by atomic mass is 9.92. The molecular weight excluding hydrogens is 360 g/mol. The average molecular weight is 380 g/mol. The monoisotopic (exact) mass is 380 g/mol. The van der Waals surface area contributed by atoms with E-state index in [-0.39, 0.29) is 22.9 Å². The first kappa shape index (κ1) is 18.4. The third kappa shape index (κ3) is 2.97. The molecule has 26 heavy (non-hydrogen) atoms. The molecule has 0 bridgehead atoms. The Morgan fingerprint density at radius 3 is 2.42 bits per heavy atom. The minimum Gasteiger partial charge on any atom is -0.476 e. The zero-order valence-corrected chi connectivity index (χ0v) is 15.4. The van der Waals surface area contributed by atoms with Crippen LogP contribution in [0.1, 0.15) is 20.8 Å². The molecule has 2 atom stereocenters. The van der Waals surface area contributed by atoms with Gasteiger partial charge < -0.3 is 9.84 Å². The van der Waals surface area contributed by atoms with Crippen molar-refractivity contribution in [2.75, 3.05) is 6.54 Å². The van der Waals surface area contributed by atoms with Crippen LogP contribution in [0.15, 0.2) is 46.7 Å². The van der Waals surface area contributed by atoms with Crippen molar-refractivity contribution in [1.82, 2.24) is 9.62 Å². The molecule has 2 aliphatic rings. The maximum Gasteiger partial charge on any atom is 0.356 e. The number of ether oxygens (including phenoxy) is 1. The summed E-state index contributed by atoms with van der Waals surface area (Å²) in [5.74, 6) is -2.27. The molecule has 0 aliphatic carbocycles. The van der Waals surface area contributed by atoms with Crippen LogP contribution >= 0.6 is 0 Å². The Hall–Kier alpha value is -2.39. The van der Waals surface area contributed by atoms with Crippen LogP contribution in [0.3, 0.4) is 0 Å². The van der Waals surface area contributed by atoms with Crippen molar-refractivity contribution in [2.45, 2.75) is 31.9 Å². The van der Waals surface area contributed by atoms with Crippen LogP contribution in [-0.4, -0.2) is 43.1 Å². The number of nitrogens with one attached hydrogen (secondary N) is 1. The highest BCUT2D eigenvalue weighted by Crippen LogP contribution is 2.45. The van der Waals surface area contributed by atoms with Gasteiger partial charge in [-0.3, -0.25) is 9.69 Å². The van der Waals surface area contributed by atoms with E-state index in [2.05, 4.69) is 4.72 Å². The predicted molar refractivity (Wildman–Crippen MR) is 91.0 cm³/mol. The van der Waals surface area contributed by atoms with Crippen LogP contribution < -0.4 is 4.72 Å². The van der Waals surface area contributed by atoms with E-state index >= 15 is 0 Å². The number of fused-ring (bicyclic) bond motifs is 1. The van der Waals surface area contributed by atoms with Crippen molar-refractivity contribution in [2.24, 2.45) is 11.3 Å². The number of amides is 1. The number of carboxylic acids is 1. The van der Waals surface area contributed by atoms with Gasteiger partial charge in [0, 0.05) is 12.0 Å². The molecule has 2 aliphatic heterocycles. The van der Waals surface area contributed by atoms with Gasteiger partial charge in [-0.25, -0.2) is 17.9 Å². The fraction of sp³-hybridized carbons (Fsp3) is 0.412. The fourth-order valence-electron chi connectivity index (χ4n) is 2.98. The second-order valence-corrected chi connectivity index (χ2v) is 8.99. The average Bonchev–Trinajstić information content (AvgIpc) is 2.92. The Kier molecular flexibility index (Phi) is 4.32. The lowest BCUT2D eigenvalue weighted by Crippen LogP contribution is -2.62. The van der Waals surface area contributed by atoms with Crippen molar-refractivity contribution in [1.29, 1.82) is 0 Å². The Morgan fingerprint density at radius 2 is 1.88 bits per heavy atom. The van der Waals surface area contributed by atoms with Crippen molar-refractivity contribution >= 4 is 21.9 Å². The third-order valence-electron chi connectivity index (χ3n) is 4.28. The minimum absolute atomic E-state index is 0.0932. The van der Waals surface area contributed by atoms with E-state index in [0.717, 1.165) is 4.90 Å². The first-order valence-electron chi connectivity index (χ1n) is 8.06. The highest BCUT2D eigenvalue weighted by molar-refractivity contribution is 7.89. The van der Waals surface area contributed by atoms with Crippen LogP contribution in [0.2, 0.25) is 0 Å². The SMILES string of the molecule is CC(C)(C)C1=C(C(=O)O)N2C(=O)[C@H](CNS(=O)(=O)c3ccccc3)[C@H]2O1. The summed E-state index contributed by atoms with van der Waals surface area (Å²) >= 11 is 0. The number of aliphatic carboxylic acids is 1. The zero-order chi connectivity index (χ0) is 19.3. The molecule has 1 aromatic carbocycles. The third-order valence-corrected chi connectivity index (χ3v) is 5.72. The van der Waals surface area contributed by atoms with Gasteiger partial charge in [0.15, 0.2) is 11.9 Å². The molecule has 1 fully saturated rings. The van der Waals surface area contributed by atoms with Gasteiger partial charge in [0.2, 0.25) is 15.9 Å². The van der Waals surface area contributed by atoms with Crippen LogP contribution in [0, 0.1) is 11.3 Å². The molecule has 2 heterocycles. The number of β-lactam (4-membered cyclic amide) rings is 1. The Morgan fingerprint density at radius 1 is 1.27 bits per heavy atom. The molecule has 1 aromatic rings. The normalized spacial score (nSPS) is 22.7. The van der Waals surface area contributed by atoms with E-state index in [4.69, 9.17) is 4.74 Å². The number of carboxylic acid groups (broad SMARTS) is 1. The molecule has 0 unspecified atom stereocenters. The maximum atomic E-state index is 12.4. The van der Waals surface area contributed by atoms with Gasteiger partial charge in [-0.05, 0) is 12.1 Å². The highest BCUT2D eigenvalue weighted by atomic mass is 32.2. The van der Waals surface area contributed by atoms with E-state index in [9.17, 15) is 23.1 Å². The molecule has 1 saturated heterocycles. The number of allylic oxidation sites excluding steroid dienone is 1. The Balaban J connectivity index is 1.75. The number of hydrogen-bond acceptors (Lipinski definition) is 5. The van der Waals surface area contributed by atoms with Crippen LogP contribution in [0.4, 0.5) is 0 Å². The first-order chi connectivity index (χ1) is 12.0. The van der Waals surface area contributed by atoms with Crippen molar-refractivity contribution in [3.05, 3.63) is 41.8 Å². The lowest BCUT2D eigenvalue weighted by molar-refractivity contribution is -0.172. The van der Waals surface area contributed by atoms with Gasteiger partial charge in [-0.15, -0.1) is 0 Å². The minimum atomic E-state index is -3.76. The smallest absolute Gasteiger partial charge is 0.356 e. The molecule has 0 saturated carbocycles. The standard InChI is InChI=1S/C17H20N2O6S/c1-17(2,3)13-12(16(21)22)19-14(20)11(15(19)25-13)9-18-26(23,24)10-7-5-4-6-8-10/h4-8,11,15,18H,9H2,1-3H3,(H,21,22)/t11-,15+/m0/s1. The second-order valence-electron chi connectivity index (χ2n) is 7.22. The van der Waals surface area contributed by atoms with Crippen LogP contribution in [0.25, 0.3) is 0 Å². The van der Waals surface area contributed by atoms with Crippen LogP contribution in [0.5, 0.6) is 0 Å². The summed E-state index contributed by atoms with van der Waals surface area (Å²) in [6.45, 7) is 5.19. The summed E-state index contributed by atoms with van der Waals surface area (Å²) in [5, 5.41) is 9.44. The zero-order valence-electron chi connectivity index (χ0n) is 14.6. The van der Waals surface area contributed by atoms with Gasteiger partial charge >= 0.3 is 5.97 Å². The van der Waals surface area contributed by atoms with E-state index in [1.807, 2.05) is 0 Å². The molecule has 1 amide bonds. The van der Waals surface area contributed by atoms with Gasteiger partial charge in [0.25, 0.3) is 0 Å². The predicted octanol–water partition coefficient (Wildman–Crippen LogP) is 1.12.